The molecular weight excluding hydrogens is 298 g/mol. The van der Waals surface area contributed by atoms with Crippen molar-refractivity contribution < 1.29 is 4.42 Å². The van der Waals surface area contributed by atoms with Crippen LogP contribution in [0.3, 0.4) is 0 Å². The molecule has 4 nitrogen and oxygen atoms in total. The molecule has 0 aliphatic carbocycles. The molecule has 0 aliphatic rings. The number of rotatable bonds is 4. The molecule has 4 heteroatoms. The number of aryl methyl sites for hydroxylation is 1. The maximum atomic E-state index is 5.56. The third-order valence-corrected chi connectivity index (χ3v) is 4.10. The van der Waals surface area contributed by atoms with E-state index < -0.39 is 0 Å². The summed E-state index contributed by atoms with van der Waals surface area (Å²) in [6.07, 6.45) is 9.10. The maximum absolute atomic E-state index is 5.56. The first-order chi connectivity index (χ1) is 11.8. The Labute approximate surface area is 140 Å². The molecule has 0 bridgehead atoms. The van der Waals surface area contributed by atoms with Crippen molar-refractivity contribution in [2.24, 2.45) is 0 Å². The van der Waals surface area contributed by atoms with Crippen molar-refractivity contribution in [2.75, 3.05) is 0 Å². The lowest BCUT2D eigenvalue weighted by atomic mass is 9.98. The Hall–Kier alpha value is -3.14. The normalized spacial score (nSPS) is 12.2. The standard InChI is InChI=1S/C20H17N3O/c1-15-4-6-16(7-5-15)19(17-8-10-21-11-9-17)23-13-12-22-20(23)18-3-2-14-24-18/h2-14,19H,1H3. The van der Waals surface area contributed by atoms with Crippen LogP contribution in [0.1, 0.15) is 22.7 Å². The zero-order valence-electron chi connectivity index (χ0n) is 13.3. The monoisotopic (exact) mass is 315 g/mol. The average Bonchev–Trinajstić information content (AvgIpc) is 3.29. The van der Waals surface area contributed by atoms with Crippen LogP contribution in [0.15, 0.2) is 84.0 Å². The molecule has 1 aromatic carbocycles. The van der Waals surface area contributed by atoms with E-state index >= 15 is 0 Å². The summed E-state index contributed by atoms with van der Waals surface area (Å²) in [5.74, 6) is 1.56. The largest absolute Gasteiger partial charge is 0.461 e. The predicted octanol–water partition coefficient (Wildman–Crippen LogP) is 4.48. The molecule has 0 radical (unpaired) electrons. The molecule has 118 valence electrons. The van der Waals surface area contributed by atoms with Gasteiger partial charge in [-0.25, -0.2) is 4.98 Å². The number of hydrogen-bond donors (Lipinski definition) is 0. The van der Waals surface area contributed by atoms with E-state index in [9.17, 15) is 0 Å². The summed E-state index contributed by atoms with van der Waals surface area (Å²) in [4.78, 5) is 8.65. The third kappa shape index (κ3) is 2.63. The molecule has 0 saturated heterocycles. The van der Waals surface area contributed by atoms with Gasteiger partial charge in [0.05, 0.1) is 12.3 Å². The second kappa shape index (κ2) is 6.16. The highest BCUT2D eigenvalue weighted by Crippen LogP contribution is 2.31. The number of pyridine rings is 1. The predicted molar refractivity (Wildman–Crippen MR) is 92.6 cm³/mol. The minimum absolute atomic E-state index is 0.0104. The van der Waals surface area contributed by atoms with Gasteiger partial charge in [-0.3, -0.25) is 4.98 Å². The summed E-state index contributed by atoms with van der Waals surface area (Å²) < 4.78 is 7.70. The minimum atomic E-state index is 0.0104. The second-order valence-electron chi connectivity index (χ2n) is 5.73. The van der Waals surface area contributed by atoms with Crippen LogP contribution in [-0.2, 0) is 0 Å². The fourth-order valence-corrected chi connectivity index (χ4v) is 2.93. The van der Waals surface area contributed by atoms with Crippen LogP contribution in [0.2, 0.25) is 0 Å². The first-order valence-electron chi connectivity index (χ1n) is 7.86. The Kier molecular flexibility index (Phi) is 3.71. The number of imidazole rings is 1. The lowest BCUT2D eigenvalue weighted by molar-refractivity contribution is 0.565. The molecular formula is C20H17N3O. The topological polar surface area (TPSA) is 43.9 Å². The summed E-state index contributed by atoms with van der Waals surface area (Å²) in [6, 6.07) is 16.5. The highest BCUT2D eigenvalue weighted by Gasteiger charge is 2.20. The van der Waals surface area contributed by atoms with Crippen molar-refractivity contribution in [3.8, 4) is 11.6 Å². The van der Waals surface area contributed by atoms with E-state index in [4.69, 9.17) is 4.42 Å². The van der Waals surface area contributed by atoms with Gasteiger partial charge in [0.25, 0.3) is 0 Å². The van der Waals surface area contributed by atoms with Gasteiger partial charge in [-0.1, -0.05) is 29.8 Å². The van der Waals surface area contributed by atoms with Crippen LogP contribution < -0.4 is 0 Å². The third-order valence-electron chi connectivity index (χ3n) is 4.10. The first kappa shape index (κ1) is 14.5. The smallest absolute Gasteiger partial charge is 0.176 e. The number of nitrogens with zero attached hydrogens (tertiary/aromatic N) is 3. The lowest BCUT2D eigenvalue weighted by Crippen LogP contribution is -2.13. The van der Waals surface area contributed by atoms with Gasteiger partial charge in [-0.05, 0) is 42.3 Å². The van der Waals surface area contributed by atoms with Gasteiger partial charge >= 0.3 is 0 Å². The lowest BCUT2D eigenvalue weighted by Gasteiger charge is -2.21. The number of furan rings is 1. The summed E-state index contributed by atoms with van der Waals surface area (Å²) in [7, 11) is 0. The number of hydrogen-bond acceptors (Lipinski definition) is 3. The zero-order valence-corrected chi connectivity index (χ0v) is 13.3. The van der Waals surface area contributed by atoms with Crippen LogP contribution >= 0.6 is 0 Å². The molecule has 0 N–H and O–H groups in total. The molecule has 3 heterocycles. The fraction of sp³-hybridized carbons (Fsp3) is 0.100. The van der Waals surface area contributed by atoms with E-state index in [0.29, 0.717) is 0 Å². The molecule has 0 amide bonds. The van der Waals surface area contributed by atoms with Gasteiger partial charge in [-0.2, -0.15) is 0 Å². The van der Waals surface area contributed by atoms with Crippen LogP contribution in [0.4, 0.5) is 0 Å². The van der Waals surface area contributed by atoms with Crippen LogP contribution in [-0.4, -0.2) is 14.5 Å². The Morgan fingerprint density at radius 1 is 0.917 bits per heavy atom. The summed E-state index contributed by atoms with van der Waals surface area (Å²) in [6.45, 7) is 2.09. The van der Waals surface area contributed by atoms with Crippen LogP contribution in [0, 0.1) is 6.92 Å². The van der Waals surface area contributed by atoms with E-state index in [1.165, 1.54) is 11.1 Å². The highest BCUT2D eigenvalue weighted by atomic mass is 16.3. The molecule has 0 spiro atoms. The van der Waals surface area contributed by atoms with Gasteiger partial charge in [-0.15, -0.1) is 0 Å². The zero-order chi connectivity index (χ0) is 16.4. The quantitative estimate of drug-likeness (QED) is 0.557. The van der Waals surface area contributed by atoms with Crippen molar-refractivity contribution in [3.63, 3.8) is 0 Å². The van der Waals surface area contributed by atoms with Gasteiger partial charge in [0.2, 0.25) is 0 Å². The highest BCUT2D eigenvalue weighted by molar-refractivity contribution is 5.49. The van der Waals surface area contributed by atoms with E-state index in [2.05, 4.69) is 45.7 Å². The maximum Gasteiger partial charge on any atom is 0.176 e. The van der Waals surface area contributed by atoms with Crippen molar-refractivity contribution in [3.05, 3.63) is 96.3 Å². The van der Waals surface area contributed by atoms with E-state index in [1.54, 1.807) is 12.5 Å². The Morgan fingerprint density at radius 2 is 1.67 bits per heavy atom. The molecule has 1 unspecified atom stereocenters. The molecule has 0 fully saturated rings. The Morgan fingerprint density at radius 3 is 2.38 bits per heavy atom. The summed E-state index contributed by atoms with van der Waals surface area (Å²) >= 11 is 0. The molecule has 3 aromatic heterocycles. The van der Waals surface area contributed by atoms with E-state index in [-0.39, 0.29) is 6.04 Å². The van der Waals surface area contributed by atoms with Crippen LogP contribution in [0.25, 0.3) is 11.6 Å². The van der Waals surface area contributed by atoms with Gasteiger partial charge in [0.1, 0.15) is 0 Å². The van der Waals surface area contributed by atoms with Crippen molar-refractivity contribution in [2.45, 2.75) is 13.0 Å². The SMILES string of the molecule is Cc1ccc(C(c2ccncc2)n2ccnc2-c2ccco2)cc1. The van der Waals surface area contributed by atoms with E-state index in [1.807, 2.05) is 42.9 Å². The Balaban J connectivity index is 1.88. The molecule has 1 atom stereocenters. The molecule has 4 aromatic rings. The molecule has 0 aliphatic heterocycles. The van der Waals surface area contributed by atoms with Crippen molar-refractivity contribution >= 4 is 0 Å². The second-order valence-corrected chi connectivity index (χ2v) is 5.73. The average molecular weight is 315 g/mol. The van der Waals surface area contributed by atoms with Gasteiger partial charge in [0, 0.05) is 24.8 Å². The number of aromatic nitrogens is 3. The van der Waals surface area contributed by atoms with Crippen LogP contribution in [0.5, 0.6) is 0 Å². The summed E-state index contributed by atoms with van der Waals surface area (Å²) in [5, 5.41) is 0. The molecule has 4 rings (SSSR count). The van der Waals surface area contributed by atoms with Gasteiger partial charge < -0.3 is 8.98 Å². The van der Waals surface area contributed by atoms with Crippen molar-refractivity contribution in [1.82, 2.24) is 14.5 Å². The summed E-state index contributed by atoms with van der Waals surface area (Å²) in [5.41, 5.74) is 3.58. The Bertz CT molecular complexity index is 909. The number of benzene rings is 1. The van der Waals surface area contributed by atoms with Gasteiger partial charge in [0.15, 0.2) is 11.6 Å². The van der Waals surface area contributed by atoms with Crippen molar-refractivity contribution in [1.29, 1.82) is 0 Å². The first-order valence-corrected chi connectivity index (χ1v) is 7.86. The molecule has 24 heavy (non-hydrogen) atoms. The van der Waals surface area contributed by atoms with E-state index in [0.717, 1.165) is 17.1 Å². The molecule has 0 saturated carbocycles. The fourth-order valence-electron chi connectivity index (χ4n) is 2.93. The minimum Gasteiger partial charge on any atom is -0.461 e.